The van der Waals surface area contributed by atoms with Crippen LogP contribution in [0.4, 0.5) is 0 Å². The molecule has 0 saturated heterocycles. The first kappa shape index (κ1) is 18.1. The van der Waals surface area contributed by atoms with E-state index in [-0.39, 0.29) is 5.75 Å². The zero-order chi connectivity index (χ0) is 18.2. The summed E-state index contributed by atoms with van der Waals surface area (Å²) in [6, 6.07) is 17.5. The Hall–Kier alpha value is -2.73. The molecule has 0 fully saturated rings. The van der Waals surface area contributed by atoms with Crippen LogP contribution in [0.15, 0.2) is 65.3 Å². The van der Waals surface area contributed by atoms with Crippen LogP contribution in [0, 0.1) is 0 Å². The summed E-state index contributed by atoms with van der Waals surface area (Å²) in [7, 11) is 0. The molecule has 0 radical (unpaired) electrons. The standard InChI is InChI=1S/C20H19NO4S/c22-19(23)14-26-13-15-6-8-18(9-7-15)24-11-10-17-12-25-20(21-17)16-4-2-1-3-5-16/h1-9,12H,10-11,13-14H2,(H,22,23). The van der Waals surface area contributed by atoms with Crippen LogP contribution in [0.1, 0.15) is 11.3 Å². The van der Waals surface area contributed by atoms with Gasteiger partial charge in [-0.1, -0.05) is 30.3 Å². The number of ether oxygens (including phenoxy) is 1. The number of nitrogens with zero attached hydrogens (tertiary/aromatic N) is 1. The van der Waals surface area contributed by atoms with Crippen LogP contribution in [-0.4, -0.2) is 28.4 Å². The molecule has 26 heavy (non-hydrogen) atoms. The number of oxazole rings is 1. The summed E-state index contributed by atoms with van der Waals surface area (Å²) in [5.74, 6) is 1.39. The molecule has 0 aliphatic carbocycles. The molecule has 0 bridgehead atoms. The number of hydrogen-bond acceptors (Lipinski definition) is 5. The maximum Gasteiger partial charge on any atom is 0.313 e. The lowest BCUT2D eigenvalue weighted by molar-refractivity contribution is -0.133. The van der Waals surface area contributed by atoms with E-state index in [4.69, 9.17) is 14.3 Å². The van der Waals surface area contributed by atoms with Crippen molar-refractivity contribution in [3.05, 3.63) is 72.1 Å². The van der Waals surface area contributed by atoms with Gasteiger partial charge in [-0.25, -0.2) is 4.98 Å². The number of benzene rings is 2. The topological polar surface area (TPSA) is 72.6 Å². The molecule has 1 aromatic heterocycles. The number of carboxylic acids is 1. The van der Waals surface area contributed by atoms with Gasteiger partial charge < -0.3 is 14.3 Å². The first-order chi connectivity index (χ1) is 12.7. The van der Waals surface area contributed by atoms with Gasteiger partial charge in [-0.2, -0.15) is 0 Å². The van der Waals surface area contributed by atoms with Crippen LogP contribution in [0.3, 0.4) is 0 Å². The average Bonchev–Trinajstić information content (AvgIpc) is 3.12. The summed E-state index contributed by atoms with van der Waals surface area (Å²) in [6.45, 7) is 0.508. The third-order valence-electron chi connectivity index (χ3n) is 3.62. The molecule has 0 unspecified atom stereocenters. The molecule has 0 atom stereocenters. The molecule has 1 heterocycles. The Balaban J connectivity index is 1.45. The smallest absolute Gasteiger partial charge is 0.313 e. The third kappa shape index (κ3) is 5.39. The first-order valence-electron chi connectivity index (χ1n) is 8.22. The normalized spacial score (nSPS) is 10.6. The van der Waals surface area contributed by atoms with E-state index in [0.29, 0.717) is 24.7 Å². The summed E-state index contributed by atoms with van der Waals surface area (Å²) in [4.78, 5) is 15.0. The van der Waals surface area contributed by atoms with Gasteiger partial charge >= 0.3 is 5.97 Å². The lowest BCUT2D eigenvalue weighted by atomic mass is 10.2. The molecule has 0 spiro atoms. The Bertz CT molecular complexity index is 831. The summed E-state index contributed by atoms with van der Waals surface area (Å²) in [6.07, 6.45) is 2.32. The molecule has 2 aromatic carbocycles. The van der Waals surface area contributed by atoms with Gasteiger partial charge in [-0.15, -0.1) is 11.8 Å². The molecule has 6 heteroatoms. The van der Waals surface area contributed by atoms with E-state index in [1.165, 1.54) is 11.8 Å². The highest BCUT2D eigenvalue weighted by Crippen LogP contribution is 2.19. The minimum Gasteiger partial charge on any atom is -0.493 e. The largest absolute Gasteiger partial charge is 0.493 e. The van der Waals surface area contributed by atoms with E-state index < -0.39 is 5.97 Å². The summed E-state index contributed by atoms with van der Waals surface area (Å²) >= 11 is 1.38. The van der Waals surface area contributed by atoms with Crippen LogP contribution in [-0.2, 0) is 17.0 Å². The fraction of sp³-hybridized carbons (Fsp3) is 0.200. The molecule has 0 amide bonds. The molecule has 0 aliphatic heterocycles. The Labute approximate surface area is 156 Å². The van der Waals surface area contributed by atoms with E-state index in [9.17, 15) is 4.79 Å². The Morgan fingerprint density at radius 3 is 2.62 bits per heavy atom. The summed E-state index contributed by atoms with van der Waals surface area (Å²) < 4.78 is 11.3. The summed E-state index contributed by atoms with van der Waals surface area (Å²) in [5.41, 5.74) is 2.88. The predicted octanol–water partition coefficient (Wildman–Crippen LogP) is 4.28. The van der Waals surface area contributed by atoms with Gasteiger partial charge in [0.25, 0.3) is 0 Å². The molecule has 3 aromatic rings. The van der Waals surface area contributed by atoms with E-state index in [1.54, 1.807) is 6.26 Å². The van der Waals surface area contributed by atoms with Gasteiger partial charge in [0, 0.05) is 17.7 Å². The zero-order valence-electron chi connectivity index (χ0n) is 14.1. The number of thioether (sulfide) groups is 1. The minimum atomic E-state index is -0.793. The Kier molecular flexibility index (Phi) is 6.33. The third-order valence-corrected chi connectivity index (χ3v) is 4.61. The molecule has 1 N–H and O–H groups in total. The van der Waals surface area contributed by atoms with Crippen LogP contribution in [0.2, 0.25) is 0 Å². The fourth-order valence-electron chi connectivity index (χ4n) is 2.35. The Morgan fingerprint density at radius 1 is 1.12 bits per heavy atom. The number of carboxylic acid groups (broad SMARTS) is 1. The lowest BCUT2D eigenvalue weighted by Crippen LogP contribution is -2.02. The molecule has 0 saturated carbocycles. The maximum absolute atomic E-state index is 10.5. The van der Waals surface area contributed by atoms with Crippen molar-refractivity contribution in [2.45, 2.75) is 12.2 Å². The number of carbonyl (C=O) groups is 1. The quantitative estimate of drug-likeness (QED) is 0.607. The van der Waals surface area contributed by atoms with E-state index in [0.717, 1.165) is 22.6 Å². The fourth-order valence-corrected chi connectivity index (χ4v) is 3.05. The second-order valence-corrected chi connectivity index (χ2v) is 6.62. The monoisotopic (exact) mass is 369 g/mol. The highest BCUT2D eigenvalue weighted by atomic mass is 32.2. The van der Waals surface area contributed by atoms with E-state index >= 15 is 0 Å². The van der Waals surface area contributed by atoms with Crippen LogP contribution >= 0.6 is 11.8 Å². The molecule has 134 valence electrons. The molecular formula is C20H19NO4S. The van der Waals surface area contributed by atoms with Crippen molar-refractivity contribution in [1.29, 1.82) is 0 Å². The molecular weight excluding hydrogens is 350 g/mol. The molecule has 0 aliphatic rings. The highest BCUT2D eigenvalue weighted by Gasteiger charge is 2.06. The molecule has 3 rings (SSSR count). The minimum absolute atomic E-state index is 0.112. The van der Waals surface area contributed by atoms with Crippen LogP contribution in [0.5, 0.6) is 5.75 Å². The van der Waals surface area contributed by atoms with Gasteiger partial charge in [0.2, 0.25) is 5.89 Å². The van der Waals surface area contributed by atoms with Gasteiger partial charge in [0.15, 0.2) is 0 Å². The predicted molar refractivity (Wildman–Crippen MR) is 101 cm³/mol. The lowest BCUT2D eigenvalue weighted by Gasteiger charge is -2.06. The summed E-state index contributed by atoms with van der Waals surface area (Å²) in [5, 5.41) is 8.64. The first-order valence-corrected chi connectivity index (χ1v) is 9.37. The van der Waals surface area contributed by atoms with Crippen molar-refractivity contribution < 1.29 is 19.1 Å². The Morgan fingerprint density at radius 2 is 1.88 bits per heavy atom. The van der Waals surface area contributed by atoms with Crippen molar-refractivity contribution in [3.8, 4) is 17.2 Å². The van der Waals surface area contributed by atoms with Crippen molar-refractivity contribution in [1.82, 2.24) is 4.98 Å². The number of aromatic nitrogens is 1. The second kappa shape index (κ2) is 9.10. The molecule has 5 nitrogen and oxygen atoms in total. The van der Waals surface area contributed by atoms with Crippen molar-refractivity contribution in [3.63, 3.8) is 0 Å². The van der Waals surface area contributed by atoms with Gasteiger partial charge in [0.05, 0.1) is 18.1 Å². The zero-order valence-corrected chi connectivity index (χ0v) is 14.9. The number of hydrogen-bond donors (Lipinski definition) is 1. The highest BCUT2D eigenvalue weighted by molar-refractivity contribution is 7.99. The van der Waals surface area contributed by atoms with E-state index in [1.807, 2.05) is 54.6 Å². The van der Waals surface area contributed by atoms with Gasteiger partial charge in [0.1, 0.15) is 12.0 Å². The van der Waals surface area contributed by atoms with Gasteiger partial charge in [-0.05, 0) is 29.8 Å². The van der Waals surface area contributed by atoms with Crippen molar-refractivity contribution >= 4 is 17.7 Å². The maximum atomic E-state index is 10.5. The number of aliphatic carboxylic acids is 1. The van der Waals surface area contributed by atoms with Crippen molar-refractivity contribution in [2.75, 3.05) is 12.4 Å². The SMILES string of the molecule is O=C(O)CSCc1ccc(OCCc2coc(-c3ccccc3)n2)cc1. The number of rotatable bonds is 9. The van der Waals surface area contributed by atoms with Crippen molar-refractivity contribution in [2.24, 2.45) is 0 Å². The van der Waals surface area contributed by atoms with Gasteiger partial charge in [-0.3, -0.25) is 4.79 Å². The van der Waals surface area contributed by atoms with Crippen LogP contribution < -0.4 is 4.74 Å². The van der Waals surface area contributed by atoms with E-state index in [2.05, 4.69) is 4.98 Å². The average molecular weight is 369 g/mol. The van der Waals surface area contributed by atoms with Crippen LogP contribution in [0.25, 0.3) is 11.5 Å². The second-order valence-electron chi connectivity index (χ2n) is 5.64.